The number of rotatable bonds is 0. The molecule has 0 heterocycles. The quantitative estimate of drug-likeness (QED) is 0.402. The first kappa shape index (κ1) is 9.44. The van der Waals surface area contributed by atoms with Gasteiger partial charge in [-0.05, 0) is 0 Å². The fourth-order valence-corrected chi connectivity index (χ4v) is 0. The fourth-order valence-electron chi connectivity index (χ4n) is 0. The van der Waals surface area contributed by atoms with Gasteiger partial charge in [-0.25, -0.2) is 0 Å². The van der Waals surface area contributed by atoms with Crippen LogP contribution in [0.4, 0.5) is 0 Å². The van der Waals surface area contributed by atoms with Gasteiger partial charge in [0.1, 0.15) is 0 Å². The van der Waals surface area contributed by atoms with Crippen LogP contribution in [0.25, 0.3) is 0 Å². The number of hydrogen-bond acceptors (Lipinski definition) is 0. The van der Waals surface area contributed by atoms with Gasteiger partial charge in [-0.15, -0.1) is 0 Å². The van der Waals surface area contributed by atoms with Crippen molar-refractivity contribution in [3.8, 4) is 0 Å². The summed E-state index contributed by atoms with van der Waals surface area (Å²) in [4.78, 5) is 1.23. The molecule has 0 amide bonds. The van der Waals surface area contributed by atoms with Crippen LogP contribution in [0, 0.1) is 4.83 Å². The summed E-state index contributed by atoms with van der Waals surface area (Å²) in [7, 11) is 0. The van der Waals surface area contributed by atoms with E-state index in [2.05, 4.69) is 15.9 Å². The summed E-state index contributed by atoms with van der Waals surface area (Å²) in [6.07, 6.45) is 0. The number of halogens is 1. The van der Waals surface area contributed by atoms with Crippen molar-refractivity contribution in [2.45, 2.75) is 13.8 Å². The molecule has 0 aliphatic rings. The van der Waals surface area contributed by atoms with Crippen molar-refractivity contribution in [3.63, 3.8) is 0 Å². The van der Waals surface area contributed by atoms with Gasteiger partial charge in [-0.1, -0.05) is 0 Å². The molecule has 0 saturated carbocycles. The van der Waals surface area contributed by atoms with Crippen molar-refractivity contribution in [2.24, 2.45) is 0 Å². The van der Waals surface area contributed by atoms with E-state index in [0.29, 0.717) is 0 Å². The van der Waals surface area contributed by atoms with Crippen molar-refractivity contribution in [1.82, 2.24) is 0 Å². The topological polar surface area (TPSA) is 0 Å². The number of hydrogen-bond donors (Lipinski definition) is 0. The first-order valence-corrected chi connectivity index (χ1v) is 1.98. The Labute approximate surface area is 54.2 Å². The van der Waals surface area contributed by atoms with E-state index in [1.807, 2.05) is 13.8 Å². The van der Waals surface area contributed by atoms with E-state index < -0.39 is 0 Å². The minimum Gasteiger partial charge on any atom is -0.317 e. The van der Waals surface area contributed by atoms with Crippen LogP contribution in [0.2, 0.25) is 0 Å². The van der Waals surface area contributed by atoms with Gasteiger partial charge in [0, 0.05) is 19.5 Å². The fraction of sp³-hybridized carbons (Fsp3) is 0.667. The summed E-state index contributed by atoms with van der Waals surface area (Å²) in [6, 6.07) is 0. The molecular weight excluding hydrogens is 181 g/mol. The van der Waals surface area contributed by atoms with Crippen LogP contribution >= 0.6 is 15.9 Å². The van der Waals surface area contributed by atoms with Crippen LogP contribution in [0.1, 0.15) is 13.8 Å². The van der Waals surface area contributed by atoms with Gasteiger partial charge < -0.3 is 15.9 Å². The Balaban J connectivity index is 0. The molecule has 0 aromatic rings. The zero-order valence-electron chi connectivity index (χ0n) is 3.59. The molecule has 0 atom stereocenters. The van der Waals surface area contributed by atoms with Crippen molar-refractivity contribution in [2.75, 3.05) is 0 Å². The second kappa shape index (κ2) is 5.10. The summed E-state index contributed by atoms with van der Waals surface area (Å²) in [6.45, 7) is 4.00. The second-order valence-electron chi connectivity index (χ2n) is 0.878. The van der Waals surface area contributed by atoms with Crippen molar-refractivity contribution >= 4 is 15.9 Å². The smallest absolute Gasteiger partial charge is 0 e. The van der Waals surface area contributed by atoms with E-state index in [-0.39, 0.29) is 19.5 Å². The Kier molecular flexibility index (Phi) is 9.64. The Morgan fingerprint density at radius 3 is 1.40 bits per heavy atom. The summed E-state index contributed by atoms with van der Waals surface area (Å²) in [5, 5.41) is 0. The molecule has 5 heavy (non-hydrogen) atoms. The third-order valence-electron chi connectivity index (χ3n) is 0. The van der Waals surface area contributed by atoms with Crippen LogP contribution in [0.3, 0.4) is 0 Å². The second-order valence-corrected chi connectivity index (χ2v) is 2.46. The Morgan fingerprint density at radius 1 is 1.40 bits per heavy atom. The summed E-state index contributed by atoms with van der Waals surface area (Å²) < 4.78 is 0. The van der Waals surface area contributed by atoms with Gasteiger partial charge >= 0.3 is 0 Å². The molecule has 0 aromatic heterocycles. The molecule has 0 rings (SSSR count). The standard InChI is InChI=1S/C3H6Br.Zn/c1-3(2)4;/h1-2H3;/q-1;. The first-order chi connectivity index (χ1) is 1.73. The molecule has 0 spiro atoms. The molecule has 0 radical (unpaired) electrons. The molecule has 0 bridgehead atoms. The molecule has 0 saturated heterocycles. The maximum absolute atomic E-state index is 3.19. The van der Waals surface area contributed by atoms with E-state index >= 15 is 0 Å². The molecule has 0 N–H and O–H groups in total. The molecule has 0 unspecified atom stereocenters. The van der Waals surface area contributed by atoms with Gasteiger partial charge in [-0.2, -0.15) is 13.8 Å². The molecular formula is C3H6BrZn-. The molecule has 2 heteroatoms. The molecule has 0 aliphatic heterocycles. The average molecular weight is 187 g/mol. The predicted octanol–water partition coefficient (Wildman–Crippen LogP) is 1.95. The minimum atomic E-state index is 0. The van der Waals surface area contributed by atoms with Crippen LogP contribution < -0.4 is 0 Å². The van der Waals surface area contributed by atoms with E-state index in [1.165, 1.54) is 4.83 Å². The van der Waals surface area contributed by atoms with Crippen LogP contribution in [0.15, 0.2) is 0 Å². The van der Waals surface area contributed by atoms with Gasteiger partial charge in [0.25, 0.3) is 0 Å². The molecule has 0 aromatic carbocycles. The molecule has 0 nitrogen and oxygen atoms in total. The van der Waals surface area contributed by atoms with E-state index in [4.69, 9.17) is 0 Å². The van der Waals surface area contributed by atoms with Crippen molar-refractivity contribution in [1.29, 1.82) is 0 Å². The third-order valence-corrected chi connectivity index (χ3v) is 0. The van der Waals surface area contributed by atoms with E-state index in [1.54, 1.807) is 0 Å². The van der Waals surface area contributed by atoms with E-state index in [0.717, 1.165) is 0 Å². The van der Waals surface area contributed by atoms with Crippen LogP contribution in [-0.2, 0) is 19.5 Å². The zero-order valence-corrected chi connectivity index (χ0v) is 8.14. The Hall–Kier alpha value is 1.10. The van der Waals surface area contributed by atoms with Crippen molar-refractivity contribution < 1.29 is 19.5 Å². The van der Waals surface area contributed by atoms with Gasteiger partial charge in [0.2, 0.25) is 0 Å². The van der Waals surface area contributed by atoms with Crippen molar-refractivity contribution in [3.05, 3.63) is 4.83 Å². The van der Waals surface area contributed by atoms with Gasteiger partial charge in [-0.3, -0.25) is 4.83 Å². The summed E-state index contributed by atoms with van der Waals surface area (Å²) in [5.41, 5.74) is 0. The zero-order chi connectivity index (χ0) is 3.58. The normalized spacial score (nSPS) is 7.20. The molecule has 0 fully saturated rings. The Bertz CT molecular complexity index is 11.6. The first-order valence-electron chi connectivity index (χ1n) is 1.19. The van der Waals surface area contributed by atoms with E-state index in [9.17, 15) is 0 Å². The Morgan fingerprint density at radius 2 is 1.40 bits per heavy atom. The summed E-state index contributed by atoms with van der Waals surface area (Å²) >= 11 is 3.19. The maximum Gasteiger partial charge on any atom is 0 e. The largest absolute Gasteiger partial charge is 0.317 e. The SMILES string of the molecule is C[C-](C)Br.[Zn]. The van der Waals surface area contributed by atoms with Crippen LogP contribution in [-0.4, -0.2) is 0 Å². The monoisotopic (exact) mass is 185 g/mol. The molecule has 28 valence electrons. The predicted molar refractivity (Wildman–Crippen MR) is 23.5 cm³/mol. The maximum atomic E-state index is 3.19. The molecule has 0 aliphatic carbocycles. The third kappa shape index (κ3) is 40.4. The summed E-state index contributed by atoms with van der Waals surface area (Å²) in [5.74, 6) is 0. The average Bonchev–Trinajstić information content (AvgIpc) is 0.811. The van der Waals surface area contributed by atoms with Crippen LogP contribution in [0.5, 0.6) is 0 Å². The minimum absolute atomic E-state index is 0. The van der Waals surface area contributed by atoms with Gasteiger partial charge in [0.15, 0.2) is 0 Å². The van der Waals surface area contributed by atoms with Gasteiger partial charge in [0.05, 0.1) is 0 Å².